The summed E-state index contributed by atoms with van der Waals surface area (Å²) in [4.78, 5) is 28.2. The van der Waals surface area contributed by atoms with Crippen LogP contribution in [0.2, 0.25) is 5.02 Å². The zero-order valence-electron chi connectivity index (χ0n) is 16.3. The summed E-state index contributed by atoms with van der Waals surface area (Å²) in [5.41, 5.74) is 3.35. The number of aryl methyl sites for hydroxylation is 1. The van der Waals surface area contributed by atoms with Crippen LogP contribution in [0.25, 0.3) is 0 Å². The van der Waals surface area contributed by atoms with Gasteiger partial charge in [-0.2, -0.15) is 0 Å². The fraction of sp³-hybridized carbons (Fsp3) is 0.333. The molecule has 0 saturated carbocycles. The number of carbonyl (C=O) groups is 2. The van der Waals surface area contributed by atoms with Gasteiger partial charge in [-0.25, -0.2) is 0 Å². The molecule has 0 heterocycles. The monoisotopic (exact) mass is 387 g/mol. The predicted octanol–water partition coefficient (Wildman–Crippen LogP) is 4.49. The molecule has 0 aliphatic carbocycles. The molecule has 0 aromatic heterocycles. The fourth-order valence-corrected chi connectivity index (χ4v) is 3.18. The summed E-state index contributed by atoms with van der Waals surface area (Å²) in [7, 11) is 0. The zero-order chi connectivity index (χ0) is 20.0. The summed E-state index contributed by atoms with van der Waals surface area (Å²) in [5, 5.41) is 3.32. The van der Waals surface area contributed by atoms with Crippen LogP contribution in [-0.4, -0.2) is 31.4 Å². The molecule has 1 N–H and O–H groups in total. The van der Waals surface area contributed by atoms with Crippen molar-refractivity contribution in [2.75, 3.05) is 34.8 Å². The van der Waals surface area contributed by atoms with Crippen molar-refractivity contribution in [2.24, 2.45) is 0 Å². The molecule has 0 unspecified atom stereocenters. The topological polar surface area (TPSA) is 52.7 Å². The molecule has 0 aliphatic heterocycles. The summed E-state index contributed by atoms with van der Waals surface area (Å²) in [6.45, 7) is 9.34. The standard InChI is InChI=1S/C21H26ClN3O2/c1-5-24(6-2)17-11-12-19(15(3)13-17)23-21(27)14-25(16(4)26)20-10-8-7-9-18(20)22/h7-13H,5-6,14H2,1-4H3,(H,23,27). The lowest BCUT2D eigenvalue weighted by molar-refractivity contribution is -0.120. The summed E-state index contributed by atoms with van der Waals surface area (Å²) < 4.78 is 0. The van der Waals surface area contributed by atoms with Crippen molar-refractivity contribution in [2.45, 2.75) is 27.7 Å². The van der Waals surface area contributed by atoms with Crippen LogP contribution >= 0.6 is 11.6 Å². The van der Waals surface area contributed by atoms with Gasteiger partial charge >= 0.3 is 0 Å². The van der Waals surface area contributed by atoms with Crippen molar-refractivity contribution in [3.05, 3.63) is 53.1 Å². The van der Waals surface area contributed by atoms with Crippen LogP contribution in [0.15, 0.2) is 42.5 Å². The van der Waals surface area contributed by atoms with Crippen molar-refractivity contribution < 1.29 is 9.59 Å². The van der Waals surface area contributed by atoms with Crippen LogP contribution < -0.4 is 15.1 Å². The minimum atomic E-state index is -0.274. The highest BCUT2D eigenvalue weighted by Gasteiger charge is 2.18. The normalized spacial score (nSPS) is 10.4. The average molecular weight is 388 g/mol. The van der Waals surface area contributed by atoms with Crippen molar-refractivity contribution in [1.29, 1.82) is 0 Å². The molecule has 2 rings (SSSR count). The average Bonchev–Trinajstić information content (AvgIpc) is 2.63. The van der Waals surface area contributed by atoms with Gasteiger partial charge < -0.3 is 15.1 Å². The largest absolute Gasteiger partial charge is 0.372 e. The van der Waals surface area contributed by atoms with E-state index in [0.717, 1.165) is 30.0 Å². The number of anilines is 3. The summed E-state index contributed by atoms with van der Waals surface area (Å²) in [6.07, 6.45) is 0. The minimum Gasteiger partial charge on any atom is -0.372 e. The summed E-state index contributed by atoms with van der Waals surface area (Å²) >= 11 is 6.18. The lowest BCUT2D eigenvalue weighted by Crippen LogP contribution is -2.37. The van der Waals surface area contributed by atoms with Crippen LogP contribution in [0.3, 0.4) is 0 Å². The predicted molar refractivity (Wildman–Crippen MR) is 113 cm³/mol. The van der Waals surface area contributed by atoms with E-state index in [1.165, 1.54) is 11.8 Å². The molecule has 6 heteroatoms. The van der Waals surface area contributed by atoms with Gasteiger partial charge in [-0.3, -0.25) is 9.59 Å². The Bertz CT molecular complexity index is 819. The second-order valence-corrected chi connectivity index (χ2v) is 6.68. The number of rotatable bonds is 7. The number of benzene rings is 2. The van der Waals surface area contributed by atoms with Gasteiger partial charge in [-0.15, -0.1) is 0 Å². The molecule has 0 radical (unpaired) electrons. The van der Waals surface area contributed by atoms with Crippen LogP contribution in [-0.2, 0) is 9.59 Å². The maximum Gasteiger partial charge on any atom is 0.244 e. The Balaban J connectivity index is 2.14. The van der Waals surface area contributed by atoms with Gasteiger partial charge in [0.25, 0.3) is 0 Å². The van der Waals surface area contributed by atoms with Crippen molar-refractivity contribution in [1.82, 2.24) is 0 Å². The molecule has 2 aromatic rings. The van der Waals surface area contributed by atoms with Gasteiger partial charge in [0.05, 0.1) is 10.7 Å². The molecule has 5 nitrogen and oxygen atoms in total. The van der Waals surface area contributed by atoms with E-state index in [-0.39, 0.29) is 18.4 Å². The van der Waals surface area contributed by atoms with Crippen molar-refractivity contribution in [3.8, 4) is 0 Å². The molecule has 0 aliphatic rings. The third-order valence-electron chi connectivity index (χ3n) is 4.44. The molecule has 2 aromatic carbocycles. The molecule has 27 heavy (non-hydrogen) atoms. The fourth-order valence-electron chi connectivity index (χ4n) is 2.94. The first-order chi connectivity index (χ1) is 12.9. The number of nitrogens with zero attached hydrogens (tertiary/aromatic N) is 2. The van der Waals surface area contributed by atoms with E-state index in [1.54, 1.807) is 24.3 Å². The molecule has 0 bridgehead atoms. The second-order valence-electron chi connectivity index (χ2n) is 6.28. The number of amides is 2. The third-order valence-corrected chi connectivity index (χ3v) is 4.76. The zero-order valence-corrected chi connectivity index (χ0v) is 17.0. The molecular weight excluding hydrogens is 362 g/mol. The Labute approximate surface area is 165 Å². The Hall–Kier alpha value is -2.53. The molecule has 144 valence electrons. The van der Waals surface area contributed by atoms with E-state index in [4.69, 9.17) is 11.6 Å². The van der Waals surface area contributed by atoms with Gasteiger partial charge in [0.1, 0.15) is 6.54 Å². The van der Waals surface area contributed by atoms with E-state index in [2.05, 4.69) is 30.1 Å². The van der Waals surface area contributed by atoms with Gasteiger partial charge in [0, 0.05) is 31.4 Å². The van der Waals surface area contributed by atoms with Crippen LogP contribution in [0.1, 0.15) is 26.3 Å². The number of halogens is 1. The second kappa shape index (κ2) is 9.42. The molecule has 0 fully saturated rings. The van der Waals surface area contributed by atoms with Gasteiger partial charge in [0.15, 0.2) is 0 Å². The molecule has 0 saturated heterocycles. The van der Waals surface area contributed by atoms with Gasteiger partial charge in [-0.05, 0) is 56.7 Å². The first kappa shape index (κ1) is 20.8. The molecule has 2 amide bonds. The molecule has 0 atom stereocenters. The van der Waals surface area contributed by atoms with Crippen LogP contribution in [0, 0.1) is 6.92 Å². The first-order valence-corrected chi connectivity index (χ1v) is 9.43. The maximum absolute atomic E-state index is 12.5. The van der Waals surface area contributed by atoms with Gasteiger partial charge in [-0.1, -0.05) is 23.7 Å². The summed E-state index contributed by atoms with van der Waals surface area (Å²) in [6, 6.07) is 12.9. The first-order valence-electron chi connectivity index (χ1n) is 9.05. The highest BCUT2D eigenvalue weighted by molar-refractivity contribution is 6.33. The van der Waals surface area contributed by atoms with E-state index in [1.807, 2.05) is 19.1 Å². The van der Waals surface area contributed by atoms with E-state index < -0.39 is 0 Å². The maximum atomic E-state index is 12.5. The number of nitrogens with one attached hydrogen (secondary N) is 1. The number of para-hydroxylation sites is 1. The number of carbonyl (C=O) groups excluding carboxylic acids is 2. The van der Waals surface area contributed by atoms with Crippen LogP contribution in [0.5, 0.6) is 0 Å². The van der Waals surface area contributed by atoms with Crippen LogP contribution in [0.4, 0.5) is 17.1 Å². The lowest BCUT2D eigenvalue weighted by atomic mass is 10.1. The summed E-state index contributed by atoms with van der Waals surface area (Å²) in [5.74, 6) is -0.518. The molecule has 0 spiro atoms. The Kier molecular flexibility index (Phi) is 7.25. The van der Waals surface area contributed by atoms with E-state index >= 15 is 0 Å². The van der Waals surface area contributed by atoms with Crippen molar-refractivity contribution in [3.63, 3.8) is 0 Å². The minimum absolute atomic E-state index is 0.101. The number of hydrogen-bond donors (Lipinski definition) is 1. The highest BCUT2D eigenvalue weighted by Crippen LogP contribution is 2.26. The Morgan fingerprint density at radius 3 is 2.30 bits per heavy atom. The SMILES string of the molecule is CCN(CC)c1ccc(NC(=O)CN(C(C)=O)c2ccccc2Cl)c(C)c1. The number of hydrogen-bond acceptors (Lipinski definition) is 3. The van der Waals surface area contributed by atoms with E-state index in [9.17, 15) is 9.59 Å². The third kappa shape index (κ3) is 5.23. The lowest BCUT2D eigenvalue weighted by Gasteiger charge is -2.23. The van der Waals surface area contributed by atoms with E-state index in [0.29, 0.717) is 10.7 Å². The Morgan fingerprint density at radius 2 is 1.74 bits per heavy atom. The quantitative estimate of drug-likeness (QED) is 0.761. The molecular formula is C21H26ClN3O2. The Morgan fingerprint density at radius 1 is 1.07 bits per heavy atom. The smallest absolute Gasteiger partial charge is 0.244 e. The van der Waals surface area contributed by atoms with Gasteiger partial charge in [0.2, 0.25) is 11.8 Å². The highest BCUT2D eigenvalue weighted by atomic mass is 35.5. The van der Waals surface area contributed by atoms with Crippen molar-refractivity contribution >= 4 is 40.5 Å².